The molecule has 7 heteroatoms. The van der Waals surface area contributed by atoms with Crippen LogP contribution in [0.15, 0.2) is 0 Å². The highest BCUT2D eigenvalue weighted by molar-refractivity contribution is 8.00. The summed E-state index contributed by atoms with van der Waals surface area (Å²) in [6.07, 6.45) is 0. The fourth-order valence-corrected chi connectivity index (χ4v) is 24.7. The summed E-state index contributed by atoms with van der Waals surface area (Å²) in [5, 5.41) is 0. The first kappa shape index (κ1) is 20.1. The van der Waals surface area contributed by atoms with E-state index >= 15 is 0 Å². The van der Waals surface area contributed by atoms with E-state index in [0.29, 0.717) is 0 Å². The highest BCUT2D eigenvalue weighted by Crippen LogP contribution is 2.37. The summed E-state index contributed by atoms with van der Waals surface area (Å²) in [5.74, 6) is 0. The van der Waals surface area contributed by atoms with E-state index in [4.69, 9.17) is 0 Å². The van der Waals surface area contributed by atoms with E-state index in [-0.39, 0.29) is 0 Å². The molecule has 0 saturated carbocycles. The zero-order valence-corrected chi connectivity index (χ0v) is 20.1. The summed E-state index contributed by atoms with van der Waals surface area (Å²) >= 11 is 2.13. The molecule has 2 nitrogen and oxygen atoms in total. The van der Waals surface area contributed by atoms with Crippen molar-refractivity contribution in [2.24, 2.45) is 0 Å². The minimum Gasteiger partial charge on any atom is -0.281 e. The molecular weight excluding hydrogens is 317 g/mol. The summed E-state index contributed by atoms with van der Waals surface area (Å²) < 4.78 is 5.72. The molecule has 0 amide bonds. The van der Waals surface area contributed by atoms with Crippen LogP contribution in [0.5, 0.6) is 0 Å². The largest absolute Gasteiger partial charge is 0.281 e. The third kappa shape index (κ3) is 6.62. The summed E-state index contributed by atoms with van der Waals surface area (Å²) in [6, 6.07) is 0. The van der Waals surface area contributed by atoms with Crippen molar-refractivity contribution in [1.82, 2.24) is 7.27 Å². The van der Waals surface area contributed by atoms with E-state index in [1.165, 1.54) is 0 Å². The first-order valence-corrected chi connectivity index (χ1v) is 21.8. The second kappa shape index (κ2) is 6.10. The Morgan fingerprint density at radius 2 is 0.579 bits per heavy atom. The third-order valence-corrected chi connectivity index (χ3v) is 23.4. The molecule has 0 N–H and O–H groups in total. The summed E-state index contributed by atoms with van der Waals surface area (Å²) in [6.45, 7) is 29.9. The van der Waals surface area contributed by atoms with Gasteiger partial charge in [0, 0.05) is 0 Å². The Labute approximate surface area is 131 Å². The molecule has 116 valence electrons. The standard InChI is InChI=1S/C12H36N2SSi4/c1-16(2,3)13(17(4,5)6)15-14(18(7,8)9)19(10,11)12/h1-12H3. The average Bonchev–Trinajstić information content (AvgIpc) is 1.91. The van der Waals surface area contributed by atoms with Crippen molar-refractivity contribution >= 4 is 45.1 Å². The molecular formula is C12H36N2SSi4. The second-order valence-corrected chi connectivity index (χ2v) is 31.6. The zero-order valence-electron chi connectivity index (χ0n) is 15.3. The molecule has 0 heterocycles. The van der Waals surface area contributed by atoms with Crippen LogP contribution in [0.25, 0.3) is 0 Å². The van der Waals surface area contributed by atoms with Crippen LogP contribution in [-0.4, -0.2) is 40.2 Å². The zero-order chi connectivity index (χ0) is 15.9. The van der Waals surface area contributed by atoms with Gasteiger partial charge in [0.25, 0.3) is 0 Å². The molecule has 0 spiro atoms. The molecule has 0 aliphatic carbocycles. The number of hydrogen-bond acceptors (Lipinski definition) is 3. The van der Waals surface area contributed by atoms with E-state index in [9.17, 15) is 0 Å². The van der Waals surface area contributed by atoms with Gasteiger partial charge in [0.2, 0.25) is 0 Å². The monoisotopic (exact) mass is 352 g/mol. The van der Waals surface area contributed by atoms with Gasteiger partial charge in [-0.25, -0.2) is 0 Å². The maximum absolute atomic E-state index is 2.86. The maximum Gasteiger partial charge on any atom is 0.124 e. The Morgan fingerprint density at radius 3 is 0.684 bits per heavy atom. The lowest BCUT2D eigenvalue weighted by atomic mass is 11.8. The molecule has 0 aromatic rings. The molecule has 0 unspecified atom stereocenters. The van der Waals surface area contributed by atoms with Crippen LogP contribution in [-0.2, 0) is 0 Å². The van der Waals surface area contributed by atoms with Gasteiger partial charge in [-0.15, -0.1) is 0 Å². The normalized spacial score (nSPS) is 15.5. The van der Waals surface area contributed by atoms with Gasteiger partial charge in [-0.2, -0.15) is 0 Å². The molecule has 0 fully saturated rings. The Kier molecular flexibility index (Phi) is 6.46. The van der Waals surface area contributed by atoms with Crippen molar-refractivity contribution < 1.29 is 0 Å². The number of nitrogens with zero attached hydrogens (tertiary/aromatic N) is 2. The van der Waals surface area contributed by atoms with Gasteiger partial charge in [0.15, 0.2) is 0 Å². The molecule has 0 saturated heterocycles. The van der Waals surface area contributed by atoms with Gasteiger partial charge in [-0.05, 0) is 12.1 Å². The van der Waals surface area contributed by atoms with E-state index < -0.39 is 32.9 Å². The smallest absolute Gasteiger partial charge is 0.124 e. The van der Waals surface area contributed by atoms with Gasteiger partial charge in [-0.1, -0.05) is 78.6 Å². The fourth-order valence-electron chi connectivity index (χ4n) is 2.58. The van der Waals surface area contributed by atoms with Gasteiger partial charge < -0.3 is 0 Å². The van der Waals surface area contributed by atoms with Gasteiger partial charge >= 0.3 is 0 Å². The first-order valence-electron chi connectivity index (χ1n) is 7.26. The SMILES string of the molecule is C[Si](C)(C)N(SN([Si](C)(C)C)[Si](C)(C)C)[Si](C)(C)C. The number of rotatable bonds is 6. The lowest BCUT2D eigenvalue weighted by Crippen LogP contribution is -2.62. The van der Waals surface area contributed by atoms with Crippen LogP contribution in [0.3, 0.4) is 0 Å². The van der Waals surface area contributed by atoms with Gasteiger partial charge in [0.1, 0.15) is 32.9 Å². The fraction of sp³-hybridized carbons (Fsp3) is 1.00. The van der Waals surface area contributed by atoms with Crippen molar-refractivity contribution in [3.8, 4) is 0 Å². The Balaban J connectivity index is 5.43. The summed E-state index contributed by atoms with van der Waals surface area (Å²) in [7, 11) is -5.13. The van der Waals surface area contributed by atoms with E-state index in [0.717, 1.165) is 0 Å². The summed E-state index contributed by atoms with van der Waals surface area (Å²) in [5.41, 5.74) is 0. The Hall–Kier alpha value is 1.14. The van der Waals surface area contributed by atoms with Crippen LogP contribution in [0.4, 0.5) is 0 Å². The summed E-state index contributed by atoms with van der Waals surface area (Å²) in [4.78, 5) is 0. The van der Waals surface area contributed by atoms with Crippen molar-refractivity contribution in [3.05, 3.63) is 0 Å². The van der Waals surface area contributed by atoms with E-state index in [1.807, 2.05) is 0 Å². The van der Waals surface area contributed by atoms with Gasteiger partial charge in [0.05, 0.1) is 0 Å². The van der Waals surface area contributed by atoms with Crippen LogP contribution in [0.2, 0.25) is 78.6 Å². The number of hydrogen-bond donors (Lipinski definition) is 0. The lowest BCUT2D eigenvalue weighted by Gasteiger charge is -2.50. The Bertz CT molecular complexity index is 239. The van der Waals surface area contributed by atoms with Gasteiger partial charge in [-0.3, -0.25) is 7.27 Å². The maximum atomic E-state index is 2.86. The molecule has 0 rings (SSSR count). The highest BCUT2D eigenvalue weighted by atomic mass is 32.2. The van der Waals surface area contributed by atoms with Crippen molar-refractivity contribution in [2.75, 3.05) is 0 Å². The molecule has 0 radical (unpaired) electrons. The van der Waals surface area contributed by atoms with Crippen molar-refractivity contribution in [3.63, 3.8) is 0 Å². The average molecular weight is 353 g/mol. The quantitative estimate of drug-likeness (QED) is 0.461. The molecule has 0 atom stereocenters. The molecule has 19 heavy (non-hydrogen) atoms. The minimum absolute atomic E-state index is 1.28. The third-order valence-electron chi connectivity index (χ3n) is 2.60. The predicted molar refractivity (Wildman–Crippen MR) is 105 cm³/mol. The second-order valence-electron chi connectivity index (χ2n) is 9.35. The first-order chi connectivity index (χ1) is 7.97. The van der Waals surface area contributed by atoms with Crippen molar-refractivity contribution in [1.29, 1.82) is 0 Å². The van der Waals surface area contributed by atoms with Crippen LogP contribution in [0, 0.1) is 0 Å². The van der Waals surface area contributed by atoms with Crippen LogP contribution in [0.1, 0.15) is 0 Å². The molecule has 0 aromatic carbocycles. The molecule has 0 aromatic heterocycles. The predicted octanol–water partition coefficient (Wildman–Crippen LogP) is 5.49. The van der Waals surface area contributed by atoms with E-state index in [1.54, 1.807) is 0 Å². The van der Waals surface area contributed by atoms with Crippen LogP contribution < -0.4 is 0 Å². The van der Waals surface area contributed by atoms with Crippen LogP contribution >= 0.6 is 12.1 Å². The molecule has 0 bridgehead atoms. The lowest BCUT2D eigenvalue weighted by molar-refractivity contribution is 0.911. The Morgan fingerprint density at radius 1 is 0.421 bits per heavy atom. The van der Waals surface area contributed by atoms with E-state index in [2.05, 4.69) is 98.0 Å². The minimum atomic E-state index is -1.28. The molecule has 0 aliphatic rings. The topological polar surface area (TPSA) is 6.48 Å². The van der Waals surface area contributed by atoms with Crippen molar-refractivity contribution in [2.45, 2.75) is 78.6 Å². The highest BCUT2D eigenvalue weighted by Gasteiger charge is 2.42. The molecule has 0 aliphatic heterocycles.